The van der Waals surface area contributed by atoms with Crippen LogP contribution in [-0.2, 0) is 13.8 Å². The number of nitrogens with zero attached hydrogens (tertiary/aromatic N) is 1. The van der Waals surface area contributed by atoms with Gasteiger partial charge in [0.1, 0.15) is 4.88 Å². The van der Waals surface area contributed by atoms with Crippen molar-refractivity contribution >= 4 is 30.5 Å². The highest BCUT2D eigenvalue weighted by Crippen LogP contribution is 2.62. The molecule has 0 spiro atoms. The topological polar surface area (TPSA) is 76.1 Å². The first kappa shape index (κ1) is 26.3. The van der Waals surface area contributed by atoms with Gasteiger partial charge < -0.3 is 14.4 Å². The molecule has 1 aliphatic carbocycles. The van der Waals surface area contributed by atoms with Crippen molar-refractivity contribution in [3.05, 3.63) is 15.8 Å². The fraction of sp³-hybridized carbons (Fsp3) is 0.720. The zero-order valence-corrected chi connectivity index (χ0v) is 22.3. The van der Waals surface area contributed by atoms with Crippen molar-refractivity contribution in [2.24, 2.45) is 17.3 Å². The van der Waals surface area contributed by atoms with Gasteiger partial charge in [0.15, 0.2) is 0 Å². The summed E-state index contributed by atoms with van der Waals surface area (Å²) in [6, 6.07) is 1.81. The predicted molar refractivity (Wildman–Crippen MR) is 135 cm³/mol. The van der Waals surface area contributed by atoms with E-state index in [1.807, 2.05) is 31.5 Å². The molecule has 2 fully saturated rings. The smallest absolute Gasteiger partial charge is 0.348 e. The van der Waals surface area contributed by atoms with E-state index in [2.05, 4.69) is 18.8 Å². The van der Waals surface area contributed by atoms with E-state index < -0.39 is 13.5 Å². The fourth-order valence-electron chi connectivity index (χ4n) is 4.59. The van der Waals surface area contributed by atoms with Crippen LogP contribution in [0.4, 0.5) is 5.69 Å². The Kier molecular flexibility index (Phi) is 8.72. The highest BCUT2D eigenvalue weighted by molar-refractivity contribution is 7.61. The SMILES string of the molecule is COP(=O)(C1CCC(C)CC1)N(CC1CCOCC1)c1cc(C#CC(C)(C)C)sc1C(=O)O. The molecule has 0 bridgehead atoms. The maximum atomic E-state index is 14.6. The Morgan fingerprint density at radius 2 is 1.88 bits per heavy atom. The van der Waals surface area contributed by atoms with E-state index in [1.165, 1.54) is 7.11 Å². The standard InChI is InChI=1S/C25H38NO5PS/c1-18-6-8-20(9-7-18)32(29,30-5)26(17-19-11-14-31-15-12-19)22-16-21(10-13-25(2,3)4)33-23(22)24(27)28/h16,18-20H,6-9,11-12,14-15,17H2,1-5H3,(H,27,28). The van der Waals surface area contributed by atoms with Crippen molar-refractivity contribution in [1.29, 1.82) is 0 Å². The van der Waals surface area contributed by atoms with E-state index in [0.29, 0.717) is 36.2 Å². The van der Waals surface area contributed by atoms with Crippen molar-refractivity contribution in [2.45, 2.75) is 71.9 Å². The molecule has 184 valence electrons. The van der Waals surface area contributed by atoms with E-state index in [4.69, 9.17) is 9.26 Å². The molecular weight excluding hydrogens is 457 g/mol. The van der Waals surface area contributed by atoms with Gasteiger partial charge in [-0.3, -0.25) is 9.24 Å². The molecule has 0 radical (unpaired) electrons. The maximum Gasteiger partial charge on any atom is 0.348 e. The summed E-state index contributed by atoms with van der Waals surface area (Å²) in [4.78, 5) is 13.1. The Labute approximate surface area is 202 Å². The monoisotopic (exact) mass is 495 g/mol. The van der Waals surface area contributed by atoms with Crippen LogP contribution in [0.1, 0.15) is 80.8 Å². The van der Waals surface area contributed by atoms with E-state index in [0.717, 1.165) is 49.9 Å². The second-order valence-electron chi connectivity index (χ2n) is 10.4. The number of hydrogen-bond donors (Lipinski definition) is 1. The van der Waals surface area contributed by atoms with Crippen molar-refractivity contribution in [2.75, 3.05) is 31.5 Å². The molecule has 3 rings (SSSR count). The lowest BCUT2D eigenvalue weighted by Crippen LogP contribution is -2.35. The summed E-state index contributed by atoms with van der Waals surface area (Å²) < 4.78 is 27.8. The Bertz CT molecular complexity index is 927. The third kappa shape index (κ3) is 6.63. The Hall–Kier alpha value is -1.32. The first-order valence-corrected chi connectivity index (χ1v) is 14.4. The Morgan fingerprint density at radius 3 is 2.42 bits per heavy atom. The molecule has 1 atom stereocenters. The fourth-order valence-corrected chi connectivity index (χ4v) is 8.26. The molecule has 0 aromatic carbocycles. The van der Waals surface area contributed by atoms with Crippen molar-refractivity contribution in [3.63, 3.8) is 0 Å². The van der Waals surface area contributed by atoms with Crippen molar-refractivity contribution in [1.82, 2.24) is 0 Å². The summed E-state index contributed by atoms with van der Waals surface area (Å²) in [5, 5.41) is 10.0. The van der Waals surface area contributed by atoms with Crippen LogP contribution in [0.2, 0.25) is 0 Å². The van der Waals surface area contributed by atoms with Gasteiger partial charge in [-0.1, -0.05) is 18.8 Å². The van der Waals surface area contributed by atoms with Gasteiger partial charge in [0, 0.05) is 32.3 Å². The molecule has 1 aliphatic heterocycles. The Balaban J connectivity index is 2.06. The van der Waals surface area contributed by atoms with E-state index >= 15 is 0 Å². The summed E-state index contributed by atoms with van der Waals surface area (Å²) in [6.07, 6.45) is 5.43. The van der Waals surface area contributed by atoms with Crippen LogP contribution >= 0.6 is 18.9 Å². The molecule has 1 saturated heterocycles. The normalized spacial score (nSPS) is 23.9. The number of anilines is 1. The third-order valence-electron chi connectivity index (χ3n) is 6.56. The molecule has 2 heterocycles. The van der Waals surface area contributed by atoms with Crippen LogP contribution in [0, 0.1) is 29.1 Å². The van der Waals surface area contributed by atoms with Gasteiger partial charge in [0.2, 0.25) is 0 Å². The predicted octanol–water partition coefficient (Wildman–Crippen LogP) is 6.50. The minimum Gasteiger partial charge on any atom is -0.477 e. The van der Waals surface area contributed by atoms with Gasteiger partial charge in [-0.25, -0.2) is 4.79 Å². The van der Waals surface area contributed by atoms with Gasteiger partial charge in [0.25, 0.3) is 7.52 Å². The van der Waals surface area contributed by atoms with E-state index in [9.17, 15) is 14.5 Å². The maximum absolute atomic E-state index is 14.6. The minimum atomic E-state index is -3.32. The van der Waals surface area contributed by atoms with Crippen molar-refractivity contribution in [3.8, 4) is 11.8 Å². The van der Waals surface area contributed by atoms with E-state index in [-0.39, 0.29) is 21.9 Å². The number of hydrogen-bond acceptors (Lipinski definition) is 5. The summed E-state index contributed by atoms with van der Waals surface area (Å²) >= 11 is 1.16. The zero-order chi connectivity index (χ0) is 24.2. The minimum absolute atomic E-state index is 0.0933. The molecule has 1 aromatic heterocycles. The molecular formula is C25H38NO5PS. The van der Waals surface area contributed by atoms with Gasteiger partial charge in [-0.15, -0.1) is 11.3 Å². The molecule has 1 aromatic rings. The molecule has 1 unspecified atom stereocenters. The molecule has 2 aliphatic rings. The quantitative estimate of drug-likeness (QED) is 0.344. The summed E-state index contributed by atoms with van der Waals surface area (Å²) in [5.41, 5.74) is 0.195. The van der Waals surface area contributed by atoms with Crippen LogP contribution < -0.4 is 4.67 Å². The third-order valence-corrected chi connectivity index (χ3v) is 10.6. The first-order valence-electron chi connectivity index (χ1n) is 11.9. The molecule has 8 heteroatoms. The highest BCUT2D eigenvalue weighted by Gasteiger charge is 2.44. The lowest BCUT2D eigenvalue weighted by atomic mass is 9.91. The summed E-state index contributed by atoms with van der Waals surface area (Å²) in [5.74, 6) is 6.20. The van der Waals surface area contributed by atoms with Gasteiger partial charge in [0.05, 0.1) is 16.2 Å². The lowest BCUT2D eigenvalue weighted by Gasteiger charge is -2.41. The highest BCUT2D eigenvalue weighted by atomic mass is 32.1. The molecule has 1 N–H and O–H groups in total. The number of carboxylic acids is 1. The van der Waals surface area contributed by atoms with Gasteiger partial charge in [-0.2, -0.15) is 0 Å². The number of ether oxygens (including phenoxy) is 1. The molecule has 33 heavy (non-hydrogen) atoms. The largest absolute Gasteiger partial charge is 0.477 e. The number of thiophene rings is 1. The van der Waals surface area contributed by atoms with Crippen LogP contribution in [0.25, 0.3) is 0 Å². The van der Waals surface area contributed by atoms with E-state index in [1.54, 1.807) is 0 Å². The second kappa shape index (κ2) is 11.0. The molecule has 6 nitrogen and oxygen atoms in total. The van der Waals surface area contributed by atoms with Crippen LogP contribution in [0.5, 0.6) is 0 Å². The number of carbonyl (C=O) groups is 1. The molecule has 0 amide bonds. The number of aromatic carboxylic acids is 1. The van der Waals surface area contributed by atoms with Crippen LogP contribution in [-0.4, -0.2) is 43.6 Å². The second-order valence-corrected chi connectivity index (χ2v) is 14.2. The first-order chi connectivity index (χ1) is 15.5. The summed E-state index contributed by atoms with van der Waals surface area (Å²) in [6.45, 7) is 10.1. The lowest BCUT2D eigenvalue weighted by molar-refractivity contribution is 0.0683. The average Bonchev–Trinajstić information content (AvgIpc) is 3.21. The summed E-state index contributed by atoms with van der Waals surface area (Å²) in [7, 11) is -1.80. The average molecular weight is 496 g/mol. The molecule has 1 saturated carbocycles. The number of rotatable bonds is 7. The van der Waals surface area contributed by atoms with Crippen LogP contribution in [0.3, 0.4) is 0 Å². The number of carboxylic acid groups (broad SMARTS) is 1. The van der Waals surface area contributed by atoms with Crippen LogP contribution in [0.15, 0.2) is 6.07 Å². The van der Waals surface area contributed by atoms with Gasteiger partial charge in [-0.05, 0) is 77.2 Å². The van der Waals surface area contributed by atoms with Crippen molar-refractivity contribution < 1.29 is 23.7 Å². The van der Waals surface area contributed by atoms with Gasteiger partial charge >= 0.3 is 5.97 Å². The zero-order valence-electron chi connectivity index (χ0n) is 20.6. The Morgan fingerprint density at radius 1 is 1.24 bits per heavy atom.